The normalized spacial score (nSPS) is 20.1. The van der Waals surface area contributed by atoms with Crippen LogP contribution < -0.4 is 4.90 Å². The van der Waals surface area contributed by atoms with E-state index < -0.39 is 0 Å². The number of hydrogen-bond acceptors (Lipinski definition) is 2. The first-order chi connectivity index (χ1) is 7.63. The number of aryl methyl sites for hydroxylation is 1. The third-order valence-electron chi connectivity index (χ3n) is 3.36. The highest BCUT2D eigenvalue weighted by atomic mass is 16.3. The highest BCUT2D eigenvalue weighted by molar-refractivity contribution is 5.62. The number of β-amino-alcohol motifs (C(OH)–C–C–N with tert-alkyl or cyclic N) is 1. The molecule has 0 amide bonds. The van der Waals surface area contributed by atoms with Crippen LogP contribution in [0.3, 0.4) is 0 Å². The SMILES string of the molecule is CCc1cccc2c1N(C(C)C)CC(O)C2. The van der Waals surface area contributed by atoms with Crippen molar-refractivity contribution >= 4 is 5.69 Å². The Kier molecular flexibility index (Phi) is 3.20. The first-order valence-electron chi connectivity index (χ1n) is 6.19. The first-order valence-corrected chi connectivity index (χ1v) is 6.19. The second kappa shape index (κ2) is 4.46. The Hall–Kier alpha value is -1.02. The summed E-state index contributed by atoms with van der Waals surface area (Å²) in [7, 11) is 0. The van der Waals surface area contributed by atoms with Gasteiger partial charge in [0.15, 0.2) is 0 Å². The minimum Gasteiger partial charge on any atom is -0.391 e. The zero-order chi connectivity index (χ0) is 11.7. The summed E-state index contributed by atoms with van der Waals surface area (Å²) in [6.07, 6.45) is 1.64. The van der Waals surface area contributed by atoms with Crippen LogP contribution in [0.4, 0.5) is 5.69 Å². The summed E-state index contributed by atoms with van der Waals surface area (Å²) in [6, 6.07) is 6.90. The number of rotatable bonds is 2. The van der Waals surface area contributed by atoms with Crippen molar-refractivity contribution in [1.82, 2.24) is 0 Å². The van der Waals surface area contributed by atoms with Gasteiger partial charge in [0, 0.05) is 24.7 Å². The summed E-state index contributed by atoms with van der Waals surface area (Å²) in [5, 5.41) is 9.90. The molecule has 0 saturated heterocycles. The highest BCUT2D eigenvalue weighted by Gasteiger charge is 2.26. The molecular weight excluding hydrogens is 198 g/mol. The van der Waals surface area contributed by atoms with E-state index in [1.54, 1.807) is 0 Å². The Bertz CT molecular complexity index is 373. The molecule has 1 aliphatic heterocycles. The fourth-order valence-corrected chi connectivity index (χ4v) is 2.57. The van der Waals surface area contributed by atoms with Gasteiger partial charge in [-0.15, -0.1) is 0 Å². The standard InChI is InChI=1S/C14H21NO/c1-4-11-6-5-7-12-8-13(16)9-15(10(2)3)14(11)12/h5-7,10,13,16H,4,8-9H2,1-3H3. The molecule has 0 saturated carbocycles. The number of para-hydroxylation sites is 1. The summed E-state index contributed by atoms with van der Waals surface area (Å²) < 4.78 is 0. The van der Waals surface area contributed by atoms with E-state index in [1.807, 2.05) is 0 Å². The summed E-state index contributed by atoms with van der Waals surface area (Å²) in [6.45, 7) is 7.34. The summed E-state index contributed by atoms with van der Waals surface area (Å²) in [5.74, 6) is 0. The molecule has 2 heteroatoms. The van der Waals surface area contributed by atoms with E-state index in [-0.39, 0.29) is 6.10 Å². The van der Waals surface area contributed by atoms with Crippen LogP contribution >= 0.6 is 0 Å². The smallest absolute Gasteiger partial charge is 0.0756 e. The van der Waals surface area contributed by atoms with Crippen molar-refractivity contribution in [2.45, 2.75) is 45.8 Å². The molecule has 2 nitrogen and oxygen atoms in total. The summed E-state index contributed by atoms with van der Waals surface area (Å²) in [4.78, 5) is 2.34. The highest BCUT2D eigenvalue weighted by Crippen LogP contribution is 2.32. The maximum atomic E-state index is 9.90. The molecule has 1 aromatic rings. The molecule has 1 atom stereocenters. The van der Waals surface area contributed by atoms with Crippen molar-refractivity contribution in [3.05, 3.63) is 29.3 Å². The third kappa shape index (κ3) is 1.94. The van der Waals surface area contributed by atoms with Gasteiger partial charge in [-0.3, -0.25) is 0 Å². The van der Waals surface area contributed by atoms with Crippen LogP contribution in [0.5, 0.6) is 0 Å². The van der Waals surface area contributed by atoms with E-state index >= 15 is 0 Å². The van der Waals surface area contributed by atoms with Gasteiger partial charge in [0.25, 0.3) is 0 Å². The van der Waals surface area contributed by atoms with E-state index in [0.717, 1.165) is 19.4 Å². The van der Waals surface area contributed by atoms with Crippen LogP contribution in [-0.2, 0) is 12.8 Å². The van der Waals surface area contributed by atoms with Crippen LogP contribution in [-0.4, -0.2) is 23.8 Å². The number of nitrogens with zero attached hydrogens (tertiary/aromatic N) is 1. The van der Waals surface area contributed by atoms with Crippen molar-refractivity contribution in [2.75, 3.05) is 11.4 Å². The van der Waals surface area contributed by atoms with Gasteiger partial charge < -0.3 is 10.0 Å². The Labute approximate surface area is 97.9 Å². The number of hydrogen-bond donors (Lipinski definition) is 1. The zero-order valence-corrected chi connectivity index (χ0v) is 10.4. The third-order valence-corrected chi connectivity index (χ3v) is 3.36. The van der Waals surface area contributed by atoms with Crippen LogP contribution in [0.2, 0.25) is 0 Å². The van der Waals surface area contributed by atoms with Crippen LogP contribution in [0.25, 0.3) is 0 Å². The lowest BCUT2D eigenvalue weighted by molar-refractivity contribution is 0.172. The number of anilines is 1. The quantitative estimate of drug-likeness (QED) is 0.825. The molecule has 1 aliphatic rings. The molecule has 0 fully saturated rings. The lowest BCUT2D eigenvalue weighted by atomic mass is 9.94. The van der Waals surface area contributed by atoms with Crippen molar-refractivity contribution in [3.63, 3.8) is 0 Å². The maximum Gasteiger partial charge on any atom is 0.0756 e. The Morgan fingerprint density at radius 3 is 2.81 bits per heavy atom. The molecule has 0 radical (unpaired) electrons. The van der Waals surface area contributed by atoms with Gasteiger partial charge in [-0.2, -0.15) is 0 Å². The average molecular weight is 219 g/mol. The molecule has 0 aromatic heterocycles. The van der Waals surface area contributed by atoms with Gasteiger partial charge in [0.05, 0.1) is 6.10 Å². The largest absolute Gasteiger partial charge is 0.391 e. The number of aliphatic hydroxyl groups excluding tert-OH is 1. The second-order valence-corrected chi connectivity index (χ2v) is 4.88. The Morgan fingerprint density at radius 1 is 1.44 bits per heavy atom. The molecule has 16 heavy (non-hydrogen) atoms. The molecule has 88 valence electrons. The first kappa shape index (κ1) is 11.5. The maximum absolute atomic E-state index is 9.90. The van der Waals surface area contributed by atoms with E-state index in [1.165, 1.54) is 16.8 Å². The zero-order valence-electron chi connectivity index (χ0n) is 10.4. The van der Waals surface area contributed by atoms with Crippen LogP contribution in [0, 0.1) is 0 Å². The van der Waals surface area contributed by atoms with E-state index in [0.29, 0.717) is 6.04 Å². The van der Waals surface area contributed by atoms with Crippen molar-refractivity contribution in [3.8, 4) is 0 Å². The van der Waals surface area contributed by atoms with Crippen molar-refractivity contribution in [2.24, 2.45) is 0 Å². The van der Waals surface area contributed by atoms with Gasteiger partial charge in [-0.05, 0) is 31.4 Å². The lowest BCUT2D eigenvalue weighted by Gasteiger charge is -2.38. The molecule has 0 aliphatic carbocycles. The molecule has 1 aromatic carbocycles. The number of benzene rings is 1. The fourth-order valence-electron chi connectivity index (χ4n) is 2.57. The van der Waals surface area contributed by atoms with E-state index in [4.69, 9.17) is 0 Å². The summed E-state index contributed by atoms with van der Waals surface area (Å²) in [5.41, 5.74) is 4.07. The van der Waals surface area contributed by atoms with Crippen molar-refractivity contribution < 1.29 is 5.11 Å². The fraction of sp³-hybridized carbons (Fsp3) is 0.571. The van der Waals surface area contributed by atoms with Gasteiger partial charge >= 0.3 is 0 Å². The molecule has 1 N–H and O–H groups in total. The predicted molar refractivity (Wildman–Crippen MR) is 68.0 cm³/mol. The Balaban J connectivity index is 2.49. The predicted octanol–water partition coefficient (Wildman–Crippen LogP) is 2.38. The molecule has 0 bridgehead atoms. The van der Waals surface area contributed by atoms with Gasteiger partial charge in [0.2, 0.25) is 0 Å². The molecule has 2 rings (SSSR count). The number of fused-ring (bicyclic) bond motifs is 1. The minimum atomic E-state index is -0.220. The minimum absolute atomic E-state index is 0.220. The van der Waals surface area contributed by atoms with Gasteiger partial charge in [-0.25, -0.2) is 0 Å². The molecule has 1 heterocycles. The van der Waals surface area contributed by atoms with Crippen LogP contribution in [0.15, 0.2) is 18.2 Å². The lowest BCUT2D eigenvalue weighted by Crippen LogP contribution is -2.43. The summed E-state index contributed by atoms with van der Waals surface area (Å²) >= 11 is 0. The monoisotopic (exact) mass is 219 g/mol. The number of aliphatic hydroxyl groups is 1. The van der Waals surface area contributed by atoms with Gasteiger partial charge in [0.1, 0.15) is 0 Å². The van der Waals surface area contributed by atoms with Crippen LogP contribution in [0.1, 0.15) is 31.9 Å². The molecule has 1 unspecified atom stereocenters. The molecular formula is C14H21NO. The van der Waals surface area contributed by atoms with E-state index in [2.05, 4.69) is 43.9 Å². The van der Waals surface area contributed by atoms with Crippen molar-refractivity contribution in [1.29, 1.82) is 0 Å². The molecule has 0 spiro atoms. The van der Waals surface area contributed by atoms with Gasteiger partial charge in [-0.1, -0.05) is 25.1 Å². The van der Waals surface area contributed by atoms with E-state index in [9.17, 15) is 5.11 Å². The Morgan fingerprint density at radius 2 is 2.19 bits per heavy atom. The topological polar surface area (TPSA) is 23.5 Å². The average Bonchev–Trinajstić information content (AvgIpc) is 2.26. The second-order valence-electron chi connectivity index (χ2n) is 4.88.